The number of amides is 2. The summed E-state index contributed by atoms with van der Waals surface area (Å²) in [5.41, 5.74) is -0.0678. The Morgan fingerprint density at radius 3 is 2.39 bits per heavy atom. The van der Waals surface area contributed by atoms with E-state index in [1.807, 2.05) is 32.9 Å². The van der Waals surface area contributed by atoms with Crippen LogP contribution in [0.5, 0.6) is 0 Å². The Morgan fingerprint density at radius 1 is 1.00 bits per heavy atom. The van der Waals surface area contributed by atoms with Gasteiger partial charge in [-0.1, -0.05) is 24.3 Å². The van der Waals surface area contributed by atoms with Crippen molar-refractivity contribution in [1.82, 2.24) is 9.80 Å². The Bertz CT molecular complexity index is 1150. The summed E-state index contributed by atoms with van der Waals surface area (Å²) in [5, 5.41) is 0. The van der Waals surface area contributed by atoms with E-state index in [2.05, 4.69) is 0 Å². The lowest BCUT2D eigenvalue weighted by Crippen LogP contribution is -2.51. The van der Waals surface area contributed by atoms with Gasteiger partial charge in [-0.3, -0.25) is 9.59 Å². The average Bonchev–Trinajstić information content (AvgIpc) is 3.31. The molecule has 2 fully saturated rings. The number of carbonyl (C=O) groups excluding carboxylic acids is 4. The SMILES string of the molecule is CC(C)(C)OC(=O)N1CCC(OC(=O)N2CCC3(CC2)CSC2=C(O3)c3ccccc3C(=O)C2=O)C1. The zero-order valence-electron chi connectivity index (χ0n) is 20.7. The Kier molecular flexibility index (Phi) is 6.26. The van der Waals surface area contributed by atoms with Gasteiger partial charge in [-0.05, 0) is 20.8 Å². The van der Waals surface area contributed by atoms with E-state index in [0.717, 1.165) is 0 Å². The molecule has 0 aromatic heterocycles. The van der Waals surface area contributed by atoms with E-state index >= 15 is 0 Å². The minimum Gasteiger partial charge on any atom is -0.484 e. The number of piperidine rings is 1. The van der Waals surface area contributed by atoms with Crippen molar-refractivity contribution in [2.75, 3.05) is 31.9 Å². The van der Waals surface area contributed by atoms with Crippen molar-refractivity contribution >= 4 is 41.3 Å². The van der Waals surface area contributed by atoms with Crippen LogP contribution in [0.4, 0.5) is 9.59 Å². The number of benzene rings is 1. The molecule has 1 aromatic carbocycles. The van der Waals surface area contributed by atoms with Gasteiger partial charge >= 0.3 is 12.2 Å². The van der Waals surface area contributed by atoms with Gasteiger partial charge in [-0.2, -0.15) is 0 Å². The quantitative estimate of drug-likeness (QED) is 0.521. The largest absolute Gasteiger partial charge is 0.484 e. The fourth-order valence-corrected chi connectivity index (χ4v) is 6.15. The summed E-state index contributed by atoms with van der Waals surface area (Å²) < 4.78 is 17.6. The summed E-state index contributed by atoms with van der Waals surface area (Å²) in [7, 11) is 0. The highest BCUT2D eigenvalue weighted by molar-refractivity contribution is 8.04. The first-order chi connectivity index (χ1) is 17.1. The summed E-state index contributed by atoms with van der Waals surface area (Å²) in [6.45, 7) is 7.17. The van der Waals surface area contributed by atoms with Gasteiger partial charge in [-0.15, -0.1) is 11.8 Å². The minimum atomic E-state index is -0.575. The highest BCUT2D eigenvalue weighted by Gasteiger charge is 2.47. The molecule has 9 nitrogen and oxygen atoms in total. The summed E-state index contributed by atoms with van der Waals surface area (Å²) in [6, 6.07) is 7.03. The van der Waals surface area contributed by atoms with E-state index in [9.17, 15) is 19.2 Å². The molecule has 5 rings (SSSR count). The molecule has 2 amide bonds. The van der Waals surface area contributed by atoms with Crippen LogP contribution in [0.2, 0.25) is 0 Å². The molecule has 0 saturated carbocycles. The number of thioether (sulfide) groups is 1. The third-order valence-electron chi connectivity index (χ3n) is 6.83. The first kappa shape index (κ1) is 24.7. The van der Waals surface area contributed by atoms with E-state index in [1.165, 1.54) is 11.8 Å². The van der Waals surface area contributed by atoms with Crippen molar-refractivity contribution in [2.24, 2.45) is 0 Å². The lowest BCUT2D eigenvalue weighted by molar-refractivity contribution is -0.111. The number of allylic oxidation sites excluding steroid dienone is 1. The van der Waals surface area contributed by atoms with Gasteiger partial charge in [0, 0.05) is 55.8 Å². The molecule has 3 heterocycles. The lowest BCUT2D eigenvalue weighted by atomic mass is 9.90. The van der Waals surface area contributed by atoms with E-state index in [4.69, 9.17) is 14.2 Å². The summed E-state index contributed by atoms with van der Waals surface area (Å²) >= 11 is 1.37. The molecule has 0 N–H and O–H groups in total. The molecule has 1 unspecified atom stereocenters. The maximum atomic E-state index is 12.8. The van der Waals surface area contributed by atoms with Crippen molar-refractivity contribution in [3.63, 3.8) is 0 Å². The molecule has 3 aliphatic heterocycles. The molecular formula is C26H30N2O7S. The fourth-order valence-electron chi connectivity index (χ4n) is 4.89. The van der Waals surface area contributed by atoms with E-state index < -0.39 is 35.0 Å². The molecule has 1 aliphatic carbocycles. The molecule has 1 atom stereocenters. The van der Waals surface area contributed by atoms with Crippen LogP contribution in [-0.4, -0.2) is 82.8 Å². The van der Waals surface area contributed by atoms with Crippen molar-refractivity contribution in [2.45, 2.75) is 57.3 Å². The Morgan fingerprint density at radius 2 is 1.69 bits per heavy atom. The molecular weight excluding hydrogens is 484 g/mol. The highest BCUT2D eigenvalue weighted by Crippen LogP contribution is 2.47. The topological polar surface area (TPSA) is 102 Å². The van der Waals surface area contributed by atoms with Gasteiger partial charge in [0.25, 0.3) is 0 Å². The molecule has 1 aromatic rings. The lowest BCUT2D eigenvalue weighted by Gasteiger charge is -2.45. The van der Waals surface area contributed by atoms with Gasteiger partial charge in [0.2, 0.25) is 11.6 Å². The standard InChI is InChI=1S/C26H30N2O7S/c1-25(2,3)35-24(32)28-11-8-16(14-28)33-23(31)27-12-9-26(10-13-27)15-36-22-20(30)19(29)17-6-4-5-7-18(17)21(22)34-26/h4-7,16H,8-15H2,1-3H3. The Hall–Kier alpha value is -3.01. The van der Waals surface area contributed by atoms with Crippen molar-refractivity contribution < 1.29 is 33.4 Å². The molecule has 10 heteroatoms. The van der Waals surface area contributed by atoms with Crippen LogP contribution in [0.15, 0.2) is 29.2 Å². The second-order valence-electron chi connectivity index (χ2n) is 10.6. The summed E-state index contributed by atoms with van der Waals surface area (Å²) in [5.74, 6) is 0.0203. The third-order valence-corrected chi connectivity index (χ3v) is 8.16. The van der Waals surface area contributed by atoms with E-state index in [-0.39, 0.29) is 6.10 Å². The van der Waals surface area contributed by atoms with Crippen LogP contribution < -0.4 is 0 Å². The average molecular weight is 515 g/mol. The number of likely N-dealkylation sites (tertiary alicyclic amines) is 2. The predicted molar refractivity (Wildman–Crippen MR) is 132 cm³/mol. The molecule has 36 heavy (non-hydrogen) atoms. The van der Waals surface area contributed by atoms with Crippen molar-refractivity contribution in [1.29, 1.82) is 0 Å². The fraction of sp³-hybridized carbons (Fsp3) is 0.538. The van der Waals surface area contributed by atoms with Gasteiger partial charge in [-0.25, -0.2) is 9.59 Å². The van der Waals surface area contributed by atoms with E-state index in [1.54, 1.807) is 21.9 Å². The van der Waals surface area contributed by atoms with Crippen molar-refractivity contribution in [3.05, 3.63) is 40.3 Å². The number of fused-ring (bicyclic) bond motifs is 2. The van der Waals surface area contributed by atoms with Crippen LogP contribution in [0, 0.1) is 0 Å². The maximum Gasteiger partial charge on any atom is 0.410 e. The summed E-state index contributed by atoms with van der Waals surface area (Å²) in [4.78, 5) is 53.8. The van der Waals surface area contributed by atoms with Crippen LogP contribution in [-0.2, 0) is 19.0 Å². The van der Waals surface area contributed by atoms with Crippen molar-refractivity contribution in [3.8, 4) is 0 Å². The van der Waals surface area contributed by atoms with Crippen LogP contribution in [0.1, 0.15) is 56.0 Å². The number of ketones is 2. The molecule has 0 bridgehead atoms. The number of carbonyl (C=O) groups is 4. The van der Waals surface area contributed by atoms with Gasteiger partial charge in [0.15, 0.2) is 0 Å². The smallest absolute Gasteiger partial charge is 0.410 e. The minimum absolute atomic E-state index is 0.321. The first-order valence-corrected chi connectivity index (χ1v) is 13.2. The monoisotopic (exact) mass is 514 g/mol. The number of ether oxygens (including phenoxy) is 3. The number of nitrogens with zero attached hydrogens (tertiary/aromatic N) is 2. The van der Waals surface area contributed by atoms with E-state index in [0.29, 0.717) is 73.0 Å². The molecule has 0 radical (unpaired) electrons. The van der Waals surface area contributed by atoms with Gasteiger partial charge < -0.3 is 24.0 Å². The number of hydrogen-bond donors (Lipinski definition) is 0. The highest BCUT2D eigenvalue weighted by atomic mass is 32.2. The predicted octanol–water partition coefficient (Wildman–Crippen LogP) is 3.86. The van der Waals surface area contributed by atoms with Crippen LogP contribution in [0.25, 0.3) is 5.76 Å². The third kappa shape index (κ3) is 4.70. The molecule has 192 valence electrons. The van der Waals surface area contributed by atoms with Gasteiger partial charge in [0.1, 0.15) is 28.0 Å². The number of rotatable bonds is 1. The summed E-state index contributed by atoms with van der Waals surface area (Å²) in [6.07, 6.45) is 0.595. The van der Waals surface area contributed by atoms with Crippen LogP contribution in [0.3, 0.4) is 0 Å². The number of Topliss-reactive ketones (excluding diaryl/α,β-unsaturated/α-hetero) is 2. The molecule has 4 aliphatic rings. The second-order valence-corrected chi connectivity index (χ2v) is 11.6. The second kappa shape index (κ2) is 9.14. The Balaban J connectivity index is 1.18. The first-order valence-electron chi connectivity index (χ1n) is 12.2. The Labute approximate surface area is 214 Å². The number of hydrogen-bond acceptors (Lipinski definition) is 8. The maximum absolute atomic E-state index is 12.8. The molecule has 2 saturated heterocycles. The normalized spacial score (nSPS) is 23.2. The zero-order valence-corrected chi connectivity index (χ0v) is 21.5. The van der Waals surface area contributed by atoms with Crippen LogP contribution >= 0.6 is 11.8 Å². The molecule has 1 spiro atoms. The zero-order chi connectivity index (χ0) is 25.7. The van der Waals surface area contributed by atoms with Gasteiger partial charge in [0.05, 0.1) is 6.54 Å².